The summed E-state index contributed by atoms with van der Waals surface area (Å²) in [7, 11) is -5.18. The van der Waals surface area contributed by atoms with Crippen molar-refractivity contribution < 1.29 is 190 Å². The molecule has 16 N–H and O–H groups in total. The molecule has 0 aromatic rings. The number of ether oxygens (including phenoxy) is 12. The van der Waals surface area contributed by atoms with E-state index in [9.17, 15) is 99.5 Å². The molecular weight excluding hydrogens is 1350 g/mol. The maximum atomic E-state index is 13.6. The predicted molar refractivity (Wildman–Crippen MR) is 326 cm³/mol. The second-order valence-electron chi connectivity index (χ2n) is 30.3. The number of carbonyl (C=O) groups excluding carboxylic acids is 1. The smallest absolute Gasteiger partial charge is 0.726 e. The van der Waals surface area contributed by atoms with Gasteiger partial charge in [-0.1, -0.05) is 46.3 Å². The molecule has 10 rings (SSSR count). The fourth-order valence-electron chi connectivity index (χ4n) is 17.5. The topological polar surface area (TPSA) is 518 Å². The number of aliphatic hydroxyl groups is 16. The zero-order valence-electron chi connectivity index (χ0n) is 57.6. The Morgan fingerprint density at radius 2 is 1.02 bits per heavy atom. The van der Waals surface area contributed by atoms with E-state index in [1.807, 2.05) is 27.7 Å². The van der Waals surface area contributed by atoms with Crippen LogP contribution in [0, 0.1) is 46.3 Å². The molecule has 10 aliphatic rings. The van der Waals surface area contributed by atoms with Gasteiger partial charge in [-0.3, -0.25) is 8.98 Å². The van der Waals surface area contributed by atoms with Gasteiger partial charge < -0.3 is 143 Å². The Kier molecular flexibility index (Phi) is 26.7. The van der Waals surface area contributed by atoms with E-state index in [0.717, 1.165) is 5.57 Å². The van der Waals surface area contributed by atoms with Gasteiger partial charge in [0.15, 0.2) is 37.7 Å². The van der Waals surface area contributed by atoms with Crippen LogP contribution in [-0.4, -0.2) is 316 Å². The molecule has 3 saturated carbocycles. The molecule has 6 saturated heterocycles. The van der Waals surface area contributed by atoms with Gasteiger partial charge in [0.05, 0.1) is 55.4 Å². The van der Waals surface area contributed by atoms with Crippen LogP contribution in [0.5, 0.6) is 0 Å². The first-order valence-corrected chi connectivity index (χ1v) is 35.6. The normalized spacial score (nSPS) is 51.4. The van der Waals surface area contributed by atoms with E-state index in [1.165, 1.54) is 27.7 Å². The van der Waals surface area contributed by atoms with Crippen molar-refractivity contribution in [3.63, 3.8) is 0 Å². The second kappa shape index (κ2) is 32.2. The van der Waals surface area contributed by atoms with Gasteiger partial charge in [-0.05, 0) is 120 Å². The van der Waals surface area contributed by atoms with Crippen molar-refractivity contribution >= 4 is 16.2 Å². The second-order valence-corrected chi connectivity index (χ2v) is 31.3. The number of allylic oxidation sites excluding steroid dienone is 2. The number of carbonyl (C=O) groups is 1. The number of ketones is 1. The van der Waals surface area contributed by atoms with Crippen LogP contribution in [0.1, 0.15) is 121 Å². The Balaban J connectivity index is 0.0000114. The fraction of sp³-hybridized carbons (Fsp3) is 0.953. The van der Waals surface area contributed by atoms with Crippen LogP contribution >= 0.6 is 0 Å². The summed E-state index contributed by atoms with van der Waals surface area (Å²) in [6.45, 7) is 15.2. The molecule has 6 heterocycles. The van der Waals surface area contributed by atoms with Crippen molar-refractivity contribution in [1.82, 2.24) is 0 Å². The van der Waals surface area contributed by atoms with Crippen molar-refractivity contribution in [2.75, 3.05) is 13.2 Å². The van der Waals surface area contributed by atoms with Gasteiger partial charge in [0, 0.05) is 12.3 Å². The summed E-state index contributed by atoms with van der Waals surface area (Å²) in [5.74, 6) is -1.38. The third kappa shape index (κ3) is 16.3. The van der Waals surface area contributed by atoms with Crippen LogP contribution in [-0.2, 0) is 76.2 Å². The van der Waals surface area contributed by atoms with E-state index >= 15 is 0 Å². The molecule has 6 aliphatic heterocycles. The van der Waals surface area contributed by atoms with Crippen molar-refractivity contribution in [3.8, 4) is 0 Å². The van der Waals surface area contributed by atoms with E-state index in [1.54, 1.807) is 6.92 Å². The molecule has 33 nitrogen and oxygen atoms in total. The number of fused-ring (bicyclic) bond motifs is 5. The largest absolute Gasteiger partial charge is 1.00 e. The van der Waals surface area contributed by atoms with Crippen molar-refractivity contribution in [1.29, 1.82) is 0 Å². The quantitative estimate of drug-likeness (QED) is 0.0220. The molecule has 566 valence electrons. The van der Waals surface area contributed by atoms with E-state index < -0.39 is 242 Å². The first-order valence-electron chi connectivity index (χ1n) is 34.3. The molecule has 0 amide bonds. The summed E-state index contributed by atoms with van der Waals surface area (Å²) < 4.78 is 116. The van der Waals surface area contributed by atoms with Crippen LogP contribution in [0.25, 0.3) is 0 Å². The van der Waals surface area contributed by atoms with Crippen LogP contribution in [0.3, 0.4) is 0 Å². The molecule has 0 aromatic heterocycles. The average molecular weight is 1460 g/mol. The molecule has 35 unspecified atom stereocenters. The molecule has 40 atom stereocenters. The first kappa shape index (κ1) is 82.2. The predicted octanol–water partition coefficient (Wildman–Crippen LogP) is -7.56. The summed E-state index contributed by atoms with van der Waals surface area (Å²) in [5.41, 5.74) is -1.48. The number of Topliss-reactive ketones (excluding diaryl/α,β-unsaturated/α-hetero) is 1. The minimum Gasteiger partial charge on any atom is -0.726 e. The minimum absolute atomic E-state index is 0. The summed E-state index contributed by atoms with van der Waals surface area (Å²) in [6, 6.07) is 0. The SMILES string of the molecule is CC1OC(OC2C(OC3C(O)C(C)OC(OC4CC5C(=CC[C@@]6(C)C5CC[C@@H]6C(C)(O)CC(=O)[C@@H](C)C(C)C)[C@@]5(C)CC[C@H](OS(=O)(=O)[O-])CC45)C3O)OC(C)C(OC3OC(CO)C(OC4OC(CO)C(O)C(O)C4O)C(O)C3OC3OC(C)C(O)C(O)C3O)C2O)C(O)C(O)C1O.[Na+]. The number of aliphatic hydroxyl groups excluding tert-OH is 15. The Hall–Kier alpha value is -0.840. The summed E-state index contributed by atoms with van der Waals surface area (Å²) in [6.07, 6.45) is -51.6. The fourth-order valence-corrected chi connectivity index (χ4v) is 18.0. The summed E-state index contributed by atoms with van der Waals surface area (Å²) in [4.78, 5) is 13.6. The Bertz CT molecular complexity index is 2830. The zero-order valence-corrected chi connectivity index (χ0v) is 60.4. The van der Waals surface area contributed by atoms with Gasteiger partial charge >= 0.3 is 29.6 Å². The Morgan fingerprint density at radius 1 is 0.556 bits per heavy atom. The maximum Gasteiger partial charge on any atom is 1.00 e. The molecule has 99 heavy (non-hydrogen) atoms. The number of rotatable bonds is 21. The summed E-state index contributed by atoms with van der Waals surface area (Å²) >= 11 is 0. The zero-order chi connectivity index (χ0) is 72.1. The Labute approximate surface area is 597 Å². The Morgan fingerprint density at radius 3 is 1.57 bits per heavy atom. The summed E-state index contributed by atoms with van der Waals surface area (Å²) in [5, 5.41) is 180. The molecule has 9 fully saturated rings. The van der Waals surface area contributed by atoms with Gasteiger partial charge in [-0.25, -0.2) is 8.42 Å². The van der Waals surface area contributed by atoms with Gasteiger partial charge in [-0.15, -0.1) is 0 Å². The first-order chi connectivity index (χ1) is 45.8. The third-order valence-corrected chi connectivity index (χ3v) is 24.1. The molecular formula is C64H105NaO33S. The number of hydrogen-bond donors (Lipinski definition) is 16. The molecule has 4 aliphatic carbocycles. The maximum absolute atomic E-state index is 13.6. The molecule has 0 radical (unpaired) electrons. The molecule has 35 heteroatoms. The average Bonchev–Trinajstić information content (AvgIpc) is 1.68. The van der Waals surface area contributed by atoms with Crippen molar-refractivity contribution in [3.05, 3.63) is 11.6 Å². The minimum atomic E-state index is -5.18. The van der Waals surface area contributed by atoms with Crippen LogP contribution in [0.4, 0.5) is 0 Å². The van der Waals surface area contributed by atoms with Crippen molar-refractivity contribution in [2.24, 2.45) is 46.3 Å². The van der Waals surface area contributed by atoms with E-state index in [-0.39, 0.29) is 90.6 Å². The number of hydrogen-bond acceptors (Lipinski definition) is 33. The standard InChI is InChI=1S/C64H106O33S.Na/c1-22(2)23(3)33(67)19-64(10,81)37-12-11-30-29-18-34(32-17-28(97-98(82,83)84)13-15-62(32,8)31(29)14-16-63(30,37)9)89-59-50(80)53(40(70)26(6)87-59)94-60-54(95-56-45(75)42(72)38(68)24(4)85-56)48(78)51(27(7)88-60)92-61-55(96-57-46(76)43(73)39(69)25(5)86-57)49(79)52(36(21-66)91-61)93-58-47(77)44(74)41(71)35(20-65)90-58;/h14,22-30,32,34-61,65-66,68-81H,11-13,15-21H2,1-10H3,(H,82,83,84);/q;+1/p-1/t23-,24?,25?,26?,27?,28-,29?,30?,32?,34?,35?,36?,37-,38?,39?,40?,41?,42?,43?,44?,45?,46?,47?,48?,49?,50?,51?,52?,53?,54?,55?,56?,57?,58?,59?,60?,61?,62+,63-,64?;/m0./s1. The van der Waals surface area contributed by atoms with Crippen LogP contribution in [0.2, 0.25) is 0 Å². The molecule has 0 spiro atoms. The van der Waals surface area contributed by atoms with Gasteiger partial charge in [0.2, 0.25) is 10.4 Å². The van der Waals surface area contributed by atoms with Crippen LogP contribution in [0.15, 0.2) is 11.6 Å². The van der Waals surface area contributed by atoms with Crippen molar-refractivity contribution in [2.45, 2.75) is 323 Å². The molecule has 0 aromatic carbocycles. The third-order valence-electron chi connectivity index (χ3n) is 23.6. The monoisotopic (exact) mass is 1460 g/mol. The molecule has 0 bridgehead atoms. The van der Waals surface area contributed by atoms with Gasteiger partial charge in [0.1, 0.15) is 128 Å². The van der Waals surface area contributed by atoms with Crippen LogP contribution < -0.4 is 29.6 Å². The van der Waals surface area contributed by atoms with Gasteiger partial charge in [-0.2, -0.15) is 0 Å². The van der Waals surface area contributed by atoms with E-state index in [0.29, 0.717) is 25.7 Å². The van der Waals surface area contributed by atoms with E-state index in [2.05, 4.69) is 13.0 Å². The van der Waals surface area contributed by atoms with E-state index in [4.69, 9.17) is 61.0 Å². The van der Waals surface area contributed by atoms with Gasteiger partial charge in [0.25, 0.3) is 0 Å².